The number of carbonyl (C=O) groups excluding carboxylic acids is 1. The first-order valence-corrected chi connectivity index (χ1v) is 7.86. The van der Waals surface area contributed by atoms with Crippen LogP contribution in [0, 0.1) is 18.3 Å². The van der Waals surface area contributed by atoms with Crippen LogP contribution >= 0.6 is 0 Å². The van der Waals surface area contributed by atoms with E-state index in [-0.39, 0.29) is 5.91 Å². The lowest BCUT2D eigenvalue weighted by atomic mass is 10.3. The Labute approximate surface area is 138 Å². The molecule has 24 heavy (non-hydrogen) atoms. The first kappa shape index (κ1) is 14.5. The van der Waals surface area contributed by atoms with Crippen molar-refractivity contribution in [3.63, 3.8) is 0 Å². The van der Waals surface area contributed by atoms with Gasteiger partial charge in [-0.3, -0.25) is 9.48 Å². The maximum Gasteiger partial charge on any atom is 0.274 e. The van der Waals surface area contributed by atoms with E-state index in [0.717, 1.165) is 23.3 Å². The number of imidazole rings is 1. The molecule has 1 aliphatic heterocycles. The third-order valence-corrected chi connectivity index (χ3v) is 4.31. The van der Waals surface area contributed by atoms with Crippen molar-refractivity contribution in [3.05, 3.63) is 53.2 Å². The number of fused-ring (bicyclic) bond motifs is 2. The van der Waals surface area contributed by atoms with Crippen LogP contribution in [0.3, 0.4) is 0 Å². The van der Waals surface area contributed by atoms with Gasteiger partial charge in [-0.15, -0.1) is 0 Å². The van der Waals surface area contributed by atoms with Crippen LogP contribution in [-0.2, 0) is 13.1 Å². The molecule has 0 saturated carbocycles. The molecule has 1 aliphatic rings. The average Bonchev–Trinajstić information content (AvgIpc) is 3.14. The van der Waals surface area contributed by atoms with Crippen molar-refractivity contribution in [1.29, 1.82) is 5.26 Å². The molecule has 0 N–H and O–H groups in total. The molecule has 0 atom stereocenters. The number of hydrogen-bond acceptors (Lipinski definition) is 4. The maximum absolute atomic E-state index is 12.9. The Morgan fingerprint density at radius 2 is 2.25 bits per heavy atom. The quantitative estimate of drug-likeness (QED) is 0.684. The Morgan fingerprint density at radius 3 is 3.04 bits per heavy atom. The molecule has 0 fully saturated rings. The Bertz CT molecular complexity index is 977. The zero-order valence-electron chi connectivity index (χ0n) is 13.3. The number of nitriles is 1. The van der Waals surface area contributed by atoms with Crippen LogP contribution in [0.4, 0.5) is 0 Å². The number of nitrogens with zero attached hydrogens (tertiary/aromatic N) is 6. The summed E-state index contributed by atoms with van der Waals surface area (Å²) in [4.78, 5) is 19.1. The second-order valence-electron chi connectivity index (χ2n) is 5.98. The van der Waals surface area contributed by atoms with E-state index in [4.69, 9.17) is 5.26 Å². The Morgan fingerprint density at radius 1 is 1.38 bits per heavy atom. The molecule has 1 amide bonds. The molecule has 7 nitrogen and oxygen atoms in total. The van der Waals surface area contributed by atoms with Crippen LogP contribution in [-0.4, -0.2) is 36.5 Å². The van der Waals surface area contributed by atoms with Gasteiger partial charge in [-0.2, -0.15) is 10.4 Å². The van der Waals surface area contributed by atoms with Crippen molar-refractivity contribution < 1.29 is 4.79 Å². The van der Waals surface area contributed by atoms with Gasteiger partial charge in [0.25, 0.3) is 5.91 Å². The van der Waals surface area contributed by atoms with Gasteiger partial charge in [-0.05, 0) is 31.0 Å². The zero-order chi connectivity index (χ0) is 16.7. The summed E-state index contributed by atoms with van der Waals surface area (Å²) in [5.74, 6) is -0.0914. The first-order valence-electron chi connectivity index (χ1n) is 7.86. The highest BCUT2D eigenvalue weighted by molar-refractivity contribution is 5.93. The largest absolute Gasteiger partial charge is 0.331 e. The van der Waals surface area contributed by atoms with Gasteiger partial charge in [-0.25, -0.2) is 4.98 Å². The average molecular weight is 320 g/mol. The minimum Gasteiger partial charge on any atom is -0.331 e. The van der Waals surface area contributed by atoms with Gasteiger partial charge >= 0.3 is 0 Å². The molecule has 0 saturated heterocycles. The van der Waals surface area contributed by atoms with Crippen LogP contribution in [0.5, 0.6) is 0 Å². The van der Waals surface area contributed by atoms with Crippen LogP contribution in [0.1, 0.15) is 33.9 Å². The Hall–Kier alpha value is -3.14. The van der Waals surface area contributed by atoms with E-state index in [1.54, 1.807) is 17.2 Å². The summed E-state index contributed by atoms with van der Waals surface area (Å²) >= 11 is 0. The van der Waals surface area contributed by atoms with Crippen molar-refractivity contribution >= 4 is 11.6 Å². The molecule has 3 aromatic heterocycles. The summed E-state index contributed by atoms with van der Waals surface area (Å²) in [5.41, 5.74) is 3.55. The number of aromatic nitrogens is 4. The van der Waals surface area contributed by atoms with E-state index in [1.165, 1.54) is 0 Å². The Balaban J connectivity index is 1.65. The normalized spacial score (nSPS) is 14.2. The number of hydrogen-bond donors (Lipinski definition) is 0. The minimum absolute atomic E-state index is 0.0914. The maximum atomic E-state index is 12.9. The van der Waals surface area contributed by atoms with Crippen molar-refractivity contribution in [2.45, 2.75) is 26.4 Å². The lowest BCUT2D eigenvalue weighted by molar-refractivity contribution is 0.0740. The van der Waals surface area contributed by atoms with Crippen LogP contribution in [0.25, 0.3) is 5.65 Å². The van der Waals surface area contributed by atoms with Gasteiger partial charge in [0.1, 0.15) is 17.4 Å². The van der Waals surface area contributed by atoms with E-state index >= 15 is 0 Å². The molecular weight excluding hydrogens is 304 g/mol. The number of carbonyl (C=O) groups is 1. The van der Waals surface area contributed by atoms with E-state index in [9.17, 15) is 4.79 Å². The summed E-state index contributed by atoms with van der Waals surface area (Å²) in [6.45, 7) is 3.78. The monoisotopic (exact) mass is 320 g/mol. The molecule has 120 valence electrons. The second kappa shape index (κ2) is 5.49. The molecule has 0 spiro atoms. The summed E-state index contributed by atoms with van der Waals surface area (Å²) in [6, 6.07) is 7.72. The fraction of sp³-hybridized carbons (Fsp3) is 0.294. The number of amides is 1. The van der Waals surface area contributed by atoms with Crippen molar-refractivity contribution in [3.8, 4) is 6.07 Å². The van der Waals surface area contributed by atoms with E-state index in [0.29, 0.717) is 31.0 Å². The van der Waals surface area contributed by atoms with Gasteiger partial charge in [0.15, 0.2) is 5.69 Å². The summed E-state index contributed by atoms with van der Waals surface area (Å²) < 4.78 is 3.69. The number of aryl methyl sites for hydroxylation is 2. The van der Waals surface area contributed by atoms with Crippen molar-refractivity contribution in [2.24, 2.45) is 0 Å². The lowest BCUT2D eigenvalue weighted by Gasteiger charge is -2.18. The molecular formula is C17H16N6O. The summed E-state index contributed by atoms with van der Waals surface area (Å²) in [5, 5.41) is 13.2. The predicted octanol–water partition coefficient (Wildman–Crippen LogP) is 1.76. The first-order chi connectivity index (χ1) is 11.7. The molecule has 0 radical (unpaired) electrons. The Kier molecular flexibility index (Phi) is 3.31. The standard InChI is InChI=1S/C17H16N6O/c1-12-4-2-5-21-11-15(19-16(12)21)17(24)22-6-3-7-23-14(10-22)8-13(9-18)20-23/h2,4-5,8,11H,3,6-7,10H2,1H3. The van der Waals surface area contributed by atoms with Crippen LogP contribution in [0.15, 0.2) is 30.6 Å². The van der Waals surface area contributed by atoms with Gasteiger partial charge in [0.05, 0.1) is 12.2 Å². The second-order valence-corrected chi connectivity index (χ2v) is 5.98. The highest BCUT2D eigenvalue weighted by atomic mass is 16.2. The van der Waals surface area contributed by atoms with Crippen molar-refractivity contribution in [2.75, 3.05) is 6.54 Å². The third-order valence-electron chi connectivity index (χ3n) is 4.31. The van der Waals surface area contributed by atoms with Gasteiger partial charge < -0.3 is 9.30 Å². The molecule has 0 aromatic carbocycles. The molecule has 0 bridgehead atoms. The molecule has 7 heteroatoms. The lowest BCUT2D eigenvalue weighted by Crippen LogP contribution is -2.31. The third kappa shape index (κ3) is 2.33. The highest BCUT2D eigenvalue weighted by Crippen LogP contribution is 2.17. The highest BCUT2D eigenvalue weighted by Gasteiger charge is 2.23. The molecule has 3 aromatic rings. The summed E-state index contributed by atoms with van der Waals surface area (Å²) in [6.07, 6.45) is 4.47. The predicted molar refractivity (Wildman–Crippen MR) is 86.2 cm³/mol. The van der Waals surface area contributed by atoms with Crippen LogP contribution < -0.4 is 0 Å². The SMILES string of the molecule is Cc1cccn2cc(C(=O)N3CCCn4nc(C#N)cc4C3)nc12. The van der Waals surface area contributed by atoms with Crippen molar-refractivity contribution in [1.82, 2.24) is 24.1 Å². The van der Waals surface area contributed by atoms with Gasteiger partial charge in [0, 0.05) is 25.5 Å². The number of pyridine rings is 1. The molecule has 0 aliphatic carbocycles. The van der Waals surface area contributed by atoms with Gasteiger partial charge in [0.2, 0.25) is 0 Å². The van der Waals surface area contributed by atoms with E-state index in [1.807, 2.05) is 34.3 Å². The van der Waals surface area contributed by atoms with E-state index in [2.05, 4.69) is 16.2 Å². The van der Waals surface area contributed by atoms with E-state index < -0.39 is 0 Å². The fourth-order valence-corrected chi connectivity index (χ4v) is 3.11. The fourth-order valence-electron chi connectivity index (χ4n) is 3.11. The summed E-state index contributed by atoms with van der Waals surface area (Å²) in [7, 11) is 0. The smallest absolute Gasteiger partial charge is 0.274 e. The van der Waals surface area contributed by atoms with Crippen LogP contribution in [0.2, 0.25) is 0 Å². The topological polar surface area (TPSA) is 79.2 Å². The minimum atomic E-state index is -0.0914. The molecule has 0 unspecified atom stereocenters. The van der Waals surface area contributed by atoms with Gasteiger partial charge in [-0.1, -0.05) is 6.07 Å². The zero-order valence-corrected chi connectivity index (χ0v) is 13.3. The molecule has 4 heterocycles. The molecule has 4 rings (SSSR count). The number of rotatable bonds is 1.